The summed E-state index contributed by atoms with van der Waals surface area (Å²) in [6.07, 6.45) is 0.0784. The number of rotatable bonds is 3. The fourth-order valence-corrected chi connectivity index (χ4v) is 0.983. The molecule has 1 rings (SSSR count). The van der Waals surface area contributed by atoms with Gasteiger partial charge in [-0.15, -0.1) is 0 Å². The number of hydrogen-bond donors (Lipinski definition) is 2. The average Bonchev–Trinajstić information content (AvgIpc) is 2.16. The molecule has 0 saturated carbocycles. The van der Waals surface area contributed by atoms with Crippen molar-refractivity contribution in [3.8, 4) is 0 Å². The Hall–Kier alpha value is -1.50. The topological polar surface area (TPSA) is 92.2 Å². The van der Waals surface area contributed by atoms with Crippen molar-refractivity contribution < 1.29 is 14.7 Å². The Morgan fingerprint density at radius 2 is 2.29 bits per heavy atom. The second-order valence-corrected chi connectivity index (χ2v) is 2.81. The maximum Gasteiger partial charge on any atom is 0.410 e. The highest BCUT2D eigenvalue weighted by molar-refractivity contribution is 9.09. The SMILES string of the molecule is O=C(O)Nc1ccnc(C(=O)CBr)n1. The van der Waals surface area contributed by atoms with Crippen LogP contribution in [0.15, 0.2) is 12.3 Å². The van der Waals surface area contributed by atoms with Gasteiger partial charge in [-0.2, -0.15) is 0 Å². The molecule has 74 valence electrons. The van der Waals surface area contributed by atoms with E-state index in [1.165, 1.54) is 12.3 Å². The Morgan fingerprint density at radius 1 is 1.57 bits per heavy atom. The number of anilines is 1. The van der Waals surface area contributed by atoms with E-state index in [-0.39, 0.29) is 22.8 Å². The summed E-state index contributed by atoms with van der Waals surface area (Å²) >= 11 is 2.96. The summed E-state index contributed by atoms with van der Waals surface area (Å²) in [4.78, 5) is 28.8. The van der Waals surface area contributed by atoms with Crippen molar-refractivity contribution in [2.24, 2.45) is 0 Å². The van der Waals surface area contributed by atoms with Crippen LogP contribution in [0.1, 0.15) is 10.6 Å². The van der Waals surface area contributed by atoms with Crippen molar-refractivity contribution in [2.45, 2.75) is 0 Å². The first-order chi connectivity index (χ1) is 6.63. The molecule has 6 nitrogen and oxygen atoms in total. The first-order valence-electron chi connectivity index (χ1n) is 3.55. The summed E-state index contributed by atoms with van der Waals surface area (Å²) < 4.78 is 0. The lowest BCUT2D eigenvalue weighted by Gasteiger charge is -2.00. The van der Waals surface area contributed by atoms with Gasteiger partial charge >= 0.3 is 6.09 Å². The van der Waals surface area contributed by atoms with Crippen LogP contribution in [0.5, 0.6) is 0 Å². The van der Waals surface area contributed by atoms with E-state index in [2.05, 4.69) is 25.9 Å². The quantitative estimate of drug-likeness (QED) is 0.628. The van der Waals surface area contributed by atoms with Crippen molar-refractivity contribution in [1.29, 1.82) is 0 Å². The molecule has 0 spiro atoms. The van der Waals surface area contributed by atoms with E-state index >= 15 is 0 Å². The van der Waals surface area contributed by atoms with Crippen molar-refractivity contribution in [3.05, 3.63) is 18.1 Å². The predicted octanol–water partition coefficient (Wildman–Crippen LogP) is 1.14. The van der Waals surface area contributed by atoms with Crippen LogP contribution in [-0.2, 0) is 0 Å². The van der Waals surface area contributed by atoms with Gasteiger partial charge in [0.15, 0.2) is 5.82 Å². The monoisotopic (exact) mass is 259 g/mol. The van der Waals surface area contributed by atoms with Gasteiger partial charge in [-0.25, -0.2) is 14.8 Å². The Labute approximate surface area is 87.5 Å². The molecule has 0 saturated heterocycles. The first-order valence-corrected chi connectivity index (χ1v) is 4.68. The molecule has 0 unspecified atom stereocenters. The number of amides is 1. The van der Waals surface area contributed by atoms with Crippen LogP contribution in [-0.4, -0.2) is 32.3 Å². The number of Topliss-reactive ketones (excluding diaryl/α,β-unsaturated/α-hetero) is 1. The van der Waals surface area contributed by atoms with Crippen LogP contribution in [0.4, 0.5) is 10.6 Å². The van der Waals surface area contributed by atoms with Crippen molar-refractivity contribution in [3.63, 3.8) is 0 Å². The number of alkyl halides is 1. The molecule has 0 aliphatic carbocycles. The first kappa shape index (κ1) is 10.6. The normalized spacial score (nSPS) is 9.50. The fraction of sp³-hybridized carbons (Fsp3) is 0.143. The maximum absolute atomic E-state index is 11.1. The van der Waals surface area contributed by atoms with Crippen LogP contribution < -0.4 is 5.32 Å². The number of ketones is 1. The standard InChI is InChI=1S/C7H6BrN3O3/c8-3-4(12)6-9-2-1-5(10-6)11-7(13)14/h1-2H,3H2,(H,13,14)(H,9,10,11). The Balaban J connectivity index is 2.89. The summed E-state index contributed by atoms with van der Waals surface area (Å²) in [5.74, 6) is -0.246. The summed E-state index contributed by atoms with van der Waals surface area (Å²) in [6.45, 7) is 0. The molecule has 7 heteroatoms. The molecular weight excluding hydrogens is 254 g/mol. The molecule has 1 amide bonds. The maximum atomic E-state index is 11.1. The largest absolute Gasteiger partial charge is 0.465 e. The van der Waals surface area contributed by atoms with Gasteiger partial charge in [-0.1, -0.05) is 15.9 Å². The minimum Gasteiger partial charge on any atom is -0.465 e. The van der Waals surface area contributed by atoms with Gasteiger partial charge in [0, 0.05) is 6.20 Å². The van der Waals surface area contributed by atoms with Gasteiger partial charge in [0.1, 0.15) is 5.82 Å². The van der Waals surface area contributed by atoms with Crippen molar-refractivity contribution >= 4 is 33.6 Å². The summed E-state index contributed by atoms with van der Waals surface area (Å²) in [5.41, 5.74) is 0. The number of aromatic nitrogens is 2. The third-order valence-corrected chi connectivity index (χ3v) is 1.77. The van der Waals surface area contributed by atoms with Crippen LogP contribution in [0, 0.1) is 0 Å². The summed E-state index contributed by atoms with van der Waals surface area (Å²) in [7, 11) is 0. The molecule has 1 aromatic heterocycles. The molecule has 0 bridgehead atoms. The van der Waals surface area contributed by atoms with Crippen LogP contribution in [0.25, 0.3) is 0 Å². The smallest absolute Gasteiger partial charge is 0.410 e. The van der Waals surface area contributed by atoms with Crippen LogP contribution >= 0.6 is 15.9 Å². The van der Waals surface area contributed by atoms with Gasteiger partial charge in [0.2, 0.25) is 5.78 Å². The minimum absolute atomic E-state index is 0.0203. The summed E-state index contributed by atoms with van der Waals surface area (Å²) in [6, 6.07) is 1.36. The molecule has 2 N–H and O–H groups in total. The molecule has 1 aromatic rings. The lowest BCUT2D eigenvalue weighted by atomic mass is 10.4. The van der Waals surface area contributed by atoms with Crippen molar-refractivity contribution in [1.82, 2.24) is 9.97 Å². The second-order valence-electron chi connectivity index (χ2n) is 2.25. The van der Waals surface area contributed by atoms with Crippen LogP contribution in [0.3, 0.4) is 0 Å². The highest BCUT2D eigenvalue weighted by atomic mass is 79.9. The number of carboxylic acid groups (broad SMARTS) is 1. The lowest BCUT2D eigenvalue weighted by molar-refractivity contribution is 0.101. The van der Waals surface area contributed by atoms with E-state index in [4.69, 9.17) is 5.11 Å². The zero-order valence-corrected chi connectivity index (χ0v) is 8.48. The average molecular weight is 260 g/mol. The Morgan fingerprint density at radius 3 is 2.86 bits per heavy atom. The predicted molar refractivity (Wildman–Crippen MR) is 51.8 cm³/mol. The molecular formula is C7H6BrN3O3. The highest BCUT2D eigenvalue weighted by Gasteiger charge is 2.08. The van der Waals surface area contributed by atoms with Gasteiger partial charge in [0.25, 0.3) is 0 Å². The van der Waals surface area contributed by atoms with E-state index < -0.39 is 6.09 Å². The van der Waals surface area contributed by atoms with E-state index in [1.807, 2.05) is 5.32 Å². The third kappa shape index (κ3) is 2.77. The fourth-order valence-electron chi connectivity index (χ4n) is 0.732. The number of nitrogens with zero attached hydrogens (tertiary/aromatic N) is 2. The molecule has 0 fully saturated rings. The zero-order chi connectivity index (χ0) is 10.6. The number of hydrogen-bond acceptors (Lipinski definition) is 4. The molecule has 1 heterocycles. The molecule has 0 atom stereocenters. The number of carbonyl (C=O) groups excluding carboxylic acids is 1. The number of carbonyl (C=O) groups is 2. The van der Waals surface area contributed by atoms with Crippen molar-refractivity contribution in [2.75, 3.05) is 10.6 Å². The molecule has 0 aliphatic heterocycles. The van der Waals surface area contributed by atoms with Gasteiger partial charge in [-0.05, 0) is 6.07 Å². The molecule has 0 radical (unpaired) electrons. The van der Waals surface area contributed by atoms with Gasteiger partial charge in [0.05, 0.1) is 5.33 Å². The third-order valence-electron chi connectivity index (χ3n) is 1.26. The Bertz CT molecular complexity index is 369. The minimum atomic E-state index is -1.24. The highest BCUT2D eigenvalue weighted by Crippen LogP contribution is 2.03. The Kier molecular flexibility index (Phi) is 3.52. The van der Waals surface area contributed by atoms with Gasteiger partial charge < -0.3 is 5.11 Å². The number of halogens is 1. The number of nitrogens with one attached hydrogen (secondary N) is 1. The van der Waals surface area contributed by atoms with E-state index in [0.717, 1.165) is 0 Å². The van der Waals surface area contributed by atoms with Crippen LogP contribution in [0.2, 0.25) is 0 Å². The summed E-state index contributed by atoms with van der Waals surface area (Å²) in [5, 5.41) is 10.5. The molecule has 14 heavy (non-hydrogen) atoms. The second kappa shape index (κ2) is 4.66. The molecule has 0 aromatic carbocycles. The molecule has 0 aliphatic rings. The lowest BCUT2D eigenvalue weighted by Crippen LogP contribution is -2.12. The van der Waals surface area contributed by atoms with E-state index in [0.29, 0.717) is 0 Å². The zero-order valence-electron chi connectivity index (χ0n) is 6.90. The van der Waals surface area contributed by atoms with E-state index in [9.17, 15) is 9.59 Å². The van der Waals surface area contributed by atoms with Gasteiger partial charge in [-0.3, -0.25) is 10.1 Å². The van der Waals surface area contributed by atoms with E-state index in [1.54, 1.807) is 0 Å².